The molecule has 4 nitrogen and oxygen atoms in total. The summed E-state index contributed by atoms with van der Waals surface area (Å²) in [5, 5.41) is 0.563. The maximum atomic E-state index is 13.7. The molecule has 0 fully saturated rings. The van der Waals surface area contributed by atoms with Crippen molar-refractivity contribution in [1.82, 2.24) is 4.90 Å². The van der Waals surface area contributed by atoms with Crippen molar-refractivity contribution >= 4 is 23.4 Å². The minimum Gasteiger partial charge on any atom is -0.368 e. The second kappa shape index (κ2) is 8.93. The number of hydrogen-bond acceptors (Lipinski definition) is 2. The molecule has 0 aliphatic carbocycles. The minimum atomic E-state index is -0.919. The molecule has 0 bridgehead atoms. The number of carbonyl (C=O) groups is 2. The molecule has 148 valence electrons. The fourth-order valence-corrected chi connectivity index (χ4v) is 3.69. The Morgan fingerprint density at radius 1 is 0.897 bits per heavy atom. The molecule has 5 heteroatoms. The van der Waals surface area contributed by atoms with Crippen molar-refractivity contribution in [3.8, 4) is 0 Å². The van der Waals surface area contributed by atoms with Gasteiger partial charge in [-0.2, -0.15) is 0 Å². The molecule has 0 aliphatic heterocycles. The molecule has 0 unspecified atom stereocenters. The fraction of sp³-hybridized carbons (Fsp3) is 0.167. The maximum absolute atomic E-state index is 13.7. The van der Waals surface area contributed by atoms with E-state index in [-0.39, 0.29) is 5.91 Å². The molecular weight excluding hydrogens is 384 g/mol. The topological polar surface area (TPSA) is 63.4 Å². The van der Waals surface area contributed by atoms with Gasteiger partial charge in [-0.15, -0.1) is 0 Å². The lowest BCUT2D eigenvalue weighted by Gasteiger charge is -2.36. The number of amides is 2. The first kappa shape index (κ1) is 20.6. The molecule has 29 heavy (non-hydrogen) atoms. The average Bonchev–Trinajstić information content (AvgIpc) is 2.71. The van der Waals surface area contributed by atoms with Crippen LogP contribution in [0.15, 0.2) is 78.9 Å². The Bertz CT molecular complexity index is 1020. The molecule has 2 N–H and O–H groups in total. The summed E-state index contributed by atoms with van der Waals surface area (Å²) in [6, 6.07) is 22.4. The van der Waals surface area contributed by atoms with E-state index in [9.17, 15) is 9.59 Å². The van der Waals surface area contributed by atoms with E-state index in [0.717, 1.165) is 11.1 Å². The summed E-state index contributed by atoms with van der Waals surface area (Å²) in [5.41, 5.74) is 8.66. The zero-order chi connectivity index (χ0) is 21.0. The average molecular weight is 407 g/mol. The molecule has 0 heterocycles. The molecule has 0 saturated heterocycles. The van der Waals surface area contributed by atoms with Crippen LogP contribution >= 0.6 is 11.6 Å². The Morgan fingerprint density at radius 2 is 1.52 bits per heavy atom. The Labute approximate surface area is 175 Å². The van der Waals surface area contributed by atoms with E-state index in [0.29, 0.717) is 16.1 Å². The number of benzene rings is 3. The van der Waals surface area contributed by atoms with Crippen LogP contribution in [0.2, 0.25) is 5.02 Å². The normalized spacial score (nSPS) is 12.8. The number of aryl methyl sites for hydroxylation is 1. The highest BCUT2D eigenvalue weighted by Gasteiger charge is 2.35. The Kier molecular flexibility index (Phi) is 6.35. The summed E-state index contributed by atoms with van der Waals surface area (Å²) in [6.45, 7) is 3.75. The highest BCUT2D eigenvalue weighted by atomic mass is 35.5. The fourth-order valence-electron chi connectivity index (χ4n) is 3.49. The van der Waals surface area contributed by atoms with Crippen molar-refractivity contribution < 1.29 is 9.59 Å². The molecule has 2 atom stereocenters. The number of carbonyl (C=O) groups excluding carboxylic acids is 2. The van der Waals surface area contributed by atoms with Gasteiger partial charge in [0.05, 0.1) is 6.04 Å². The van der Waals surface area contributed by atoms with Gasteiger partial charge in [0, 0.05) is 10.6 Å². The molecule has 3 aromatic carbocycles. The van der Waals surface area contributed by atoms with Crippen LogP contribution in [-0.4, -0.2) is 16.7 Å². The van der Waals surface area contributed by atoms with Gasteiger partial charge in [-0.3, -0.25) is 9.59 Å². The lowest BCUT2D eigenvalue weighted by atomic mass is 9.97. The first-order valence-electron chi connectivity index (χ1n) is 9.38. The smallest absolute Gasteiger partial charge is 0.255 e. The summed E-state index contributed by atoms with van der Waals surface area (Å²) in [5.74, 6) is -0.852. The van der Waals surface area contributed by atoms with Crippen molar-refractivity contribution in [2.24, 2.45) is 5.73 Å². The summed E-state index contributed by atoms with van der Waals surface area (Å²) in [4.78, 5) is 27.8. The monoisotopic (exact) mass is 406 g/mol. The first-order valence-corrected chi connectivity index (χ1v) is 9.76. The molecular formula is C24H23ClN2O2. The number of nitrogens with two attached hydrogens (primary N) is 1. The van der Waals surface area contributed by atoms with Gasteiger partial charge in [-0.05, 0) is 48.7 Å². The third-order valence-electron chi connectivity index (χ3n) is 5.02. The van der Waals surface area contributed by atoms with E-state index >= 15 is 0 Å². The van der Waals surface area contributed by atoms with E-state index in [4.69, 9.17) is 17.3 Å². The number of nitrogens with zero attached hydrogens (tertiary/aromatic N) is 1. The van der Waals surface area contributed by atoms with Crippen LogP contribution in [0.3, 0.4) is 0 Å². The standard InChI is InChI=1S/C24H23ClN2O2/c1-16-9-6-7-14-21(16)24(29)27(17(2)19-12-8-13-20(25)15-19)22(23(26)28)18-10-4-3-5-11-18/h3-15,17,22H,1-2H3,(H2,26,28)/t17-,22-/m1/s1. The van der Waals surface area contributed by atoms with Crippen molar-refractivity contribution in [2.75, 3.05) is 0 Å². The van der Waals surface area contributed by atoms with Crippen molar-refractivity contribution in [1.29, 1.82) is 0 Å². The highest BCUT2D eigenvalue weighted by molar-refractivity contribution is 6.30. The van der Waals surface area contributed by atoms with Crippen LogP contribution in [0.1, 0.15) is 46.1 Å². The molecule has 0 radical (unpaired) electrons. The predicted molar refractivity (Wildman–Crippen MR) is 116 cm³/mol. The second-order valence-electron chi connectivity index (χ2n) is 6.97. The predicted octanol–water partition coefficient (Wildman–Crippen LogP) is 5.08. The molecule has 0 aromatic heterocycles. The van der Waals surface area contributed by atoms with Gasteiger partial charge < -0.3 is 10.6 Å². The number of primary amides is 1. The number of halogens is 1. The van der Waals surface area contributed by atoms with E-state index in [1.165, 1.54) is 0 Å². The molecule has 0 spiro atoms. The van der Waals surface area contributed by atoms with Gasteiger partial charge >= 0.3 is 0 Å². The number of hydrogen-bond donors (Lipinski definition) is 1. The summed E-state index contributed by atoms with van der Waals surface area (Å²) >= 11 is 6.18. The summed E-state index contributed by atoms with van der Waals surface area (Å²) in [6.07, 6.45) is 0. The van der Waals surface area contributed by atoms with Gasteiger partial charge in [0.1, 0.15) is 6.04 Å². The third kappa shape index (κ3) is 4.49. The molecule has 0 saturated carbocycles. The zero-order valence-electron chi connectivity index (χ0n) is 16.4. The molecule has 2 amide bonds. The van der Waals surface area contributed by atoms with Crippen LogP contribution in [0.5, 0.6) is 0 Å². The van der Waals surface area contributed by atoms with Gasteiger partial charge in [0.2, 0.25) is 5.91 Å². The minimum absolute atomic E-state index is 0.261. The molecule has 3 rings (SSSR count). The van der Waals surface area contributed by atoms with Crippen molar-refractivity contribution in [2.45, 2.75) is 25.9 Å². The van der Waals surface area contributed by atoms with Gasteiger partial charge in [0.15, 0.2) is 0 Å². The lowest BCUT2D eigenvalue weighted by Crippen LogP contribution is -2.43. The Balaban J connectivity index is 2.16. The SMILES string of the molecule is Cc1ccccc1C(=O)N([C@H](C)c1cccc(Cl)c1)[C@@H](C(N)=O)c1ccccc1. The summed E-state index contributed by atoms with van der Waals surface area (Å²) in [7, 11) is 0. The highest BCUT2D eigenvalue weighted by Crippen LogP contribution is 2.33. The zero-order valence-corrected chi connectivity index (χ0v) is 17.1. The number of rotatable bonds is 6. The van der Waals surface area contributed by atoms with E-state index in [1.54, 1.807) is 35.2 Å². The lowest BCUT2D eigenvalue weighted by molar-refractivity contribution is -0.123. The second-order valence-corrected chi connectivity index (χ2v) is 7.41. The Morgan fingerprint density at radius 3 is 2.14 bits per heavy atom. The third-order valence-corrected chi connectivity index (χ3v) is 5.26. The van der Waals surface area contributed by atoms with Gasteiger partial charge in [-0.1, -0.05) is 72.3 Å². The molecule has 3 aromatic rings. The van der Waals surface area contributed by atoms with Crippen LogP contribution in [0, 0.1) is 6.92 Å². The van der Waals surface area contributed by atoms with Crippen LogP contribution < -0.4 is 5.73 Å². The van der Waals surface area contributed by atoms with Gasteiger partial charge in [0.25, 0.3) is 5.91 Å². The van der Waals surface area contributed by atoms with E-state index in [2.05, 4.69) is 0 Å². The summed E-state index contributed by atoms with van der Waals surface area (Å²) < 4.78 is 0. The van der Waals surface area contributed by atoms with Crippen molar-refractivity contribution in [3.63, 3.8) is 0 Å². The largest absolute Gasteiger partial charge is 0.368 e. The van der Waals surface area contributed by atoms with Crippen LogP contribution in [-0.2, 0) is 4.79 Å². The van der Waals surface area contributed by atoms with Crippen molar-refractivity contribution in [3.05, 3.63) is 106 Å². The quantitative estimate of drug-likeness (QED) is 0.620. The van der Waals surface area contributed by atoms with Gasteiger partial charge in [-0.25, -0.2) is 0 Å². The molecule has 0 aliphatic rings. The Hall–Kier alpha value is -3.11. The first-order chi connectivity index (χ1) is 13.9. The van der Waals surface area contributed by atoms with E-state index < -0.39 is 18.0 Å². The maximum Gasteiger partial charge on any atom is 0.255 e. The van der Waals surface area contributed by atoms with Crippen LogP contribution in [0.4, 0.5) is 0 Å². The van der Waals surface area contributed by atoms with E-state index in [1.807, 2.05) is 62.4 Å². The van der Waals surface area contributed by atoms with Crippen LogP contribution in [0.25, 0.3) is 0 Å².